The topological polar surface area (TPSA) is 50.5 Å². The van der Waals surface area contributed by atoms with E-state index in [4.69, 9.17) is 9.98 Å². The fourth-order valence-electron chi connectivity index (χ4n) is 4.91. The molecule has 34 heavy (non-hydrogen) atoms. The minimum Gasteiger partial charge on any atom is -0.282 e. The highest BCUT2D eigenvalue weighted by Crippen LogP contribution is 2.32. The molecule has 4 heterocycles. The first-order valence-corrected chi connectivity index (χ1v) is 11.5. The Balaban J connectivity index is 1.23. The third-order valence-corrected chi connectivity index (χ3v) is 6.69. The molecule has 0 saturated heterocycles. The largest absolute Gasteiger partial charge is 0.282 e. The summed E-state index contributed by atoms with van der Waals surface area (Å²) in [7, 11) is 0. The van der Waals surface area contributed by atoms with Crippen molar-refractivity contribution in [2.24, 2.45) is 9.98 Å². The molecule has 4 aromatic rings. The van der Waals surface area contributed by atoms with E-state index in [1.165, 1.54) is 11.1 Å². The Labute approximate surface area is 197 Å². The Bertz CT molecular complexity index is 1650. The highest BCUT2D eigenvalue weighted by atomic mass is 14.9. The van der Waals surface area contributed by atoms with E-state index in [0.717, 1.165) is 44.3 Å². The average Bonchev–Trinajstić information content (AvgIpc) is 2.92. The van der Waals surface area contributed by atoms with Crippen LogP contribution in [-0.4, -0.2) is 34.0 Å². The van der Waals surface area contributed by atoms with Crippen molar-refractivity contribution in [1.82, 2.24) is 9.97 Å². The van der Waals surface area contributed by atoms with Gasteiger partial charge in [0.25, 0.3) is 0 Å². The number of allylic oxidation sites excluding steroid dienone is 4. The van der Waals surface area contributed by atoms with Crippen molar-refractivity contribution in [2.45, 2.75) is 12.1 Å². The molecular formula is C30H20N4. The van der Waals surface area contributed by atoms with Crippen LogP contribution in [0.5, 0.6) is 0 Å². The molecule has 0 N–H and O–H groups in total. The van der Waals surface area contributed by atoms with E-state index in [1.54, 1.807) is 0 Å². The van der Waals surface area contributed by atoms with Crippen LogP contribution in [0.25, 0.3) is 33.1 Å². The number of benzene rings is 2. The monoisotopic (exact) mass is 436 g/mol. The summed E-state index contributed by atoms with van der Waals surface area (Å²) in [5, 5.41) is 2.20. The molecule has 0 saturated carbocycles. The number of nitrogens with zero attached hydrogens (tertiary/aromatic N) is 4. The van der Waals surface area contributed by atoms with Gasteiger partial charge in [-0.2, -0.15) is 0 Å². The van der Waals surface area contributed by atoms with Crippen molar-refractivity contribution in [3.05, 3.63) is 120 Å². The summed E-state index contributed by atoms with van der Waals surface area (Å²) in [6.07, 6.45) is 16.4. The van der Waals surface area contributed by atoms with Crippen molar-refractivity contribution in [2.75, 3.05) is 0 Å². The molecular weight excluding hydrogens is 416 g/mol. The highest BCUT2D eigenvalue weighted by molar-refractivity contribution is 6.10. The molecule has 4 heteroatoms. The summed E-state index contributed by atoms with van der Waals surface area (Å²) in [4.78, 5) is 19.3. The molecule has 2 unspecified atom stereocenters. The van der Waals surface area contributed by atoms with Gasteiger partial charge in [-0.3, -0.25) is 15.0 Å². The van der Waals surface area contributed by atoms with Gasteiger partial charge in [-0.1, -0.05) is 72.8 Å². The number of hydrogen-bond donors (Lipinski definition) is 0. The van der Waals surface area contributed by atoms with Gasteiger partial charge < -0.3 is 0 Å². The van der Waals surface area contributed by atoms with Crippen LogP contribution < -0.4 is 0 Å². The Morgan fingerprint density at radius 3 is 2.29 bits per heavy atom. The third-order valence-electron chi connectivity index (χ3n) is 6.69. The molecule has 2 aromatic carbocycles. The number of pyridine rings is 2. The minimum absolute atomic E-state index is 0.0313. The molecule has 0 amide bonds. The predicted octanol–water partition coefficient (Wildman–Crippen LogP) is 6.05. The van der Waals surface area contributed by atoms with Crippen molar-refractivity contribution in [3.8, 4) is 11.3 Å². The van der Waals surface area contributed by atoms with E-state index in [-0.39, 0.29) is 12.1 Å². The molecule has 2 aromatic heterocycles. The first kappa shape index (κ1) is 19.1. The number of dihydropyridines is 2. The molecule has 2 aliphatic heterocycles. The van der Waals surface area contributed by atoms with Crippen LogP contribution >= 0.6 is 0 Å². The van der Waals surface area contributed by atoms with E-state index in [1.807, 2.05) is 24.6 Å². The zero-order chi connectivity index (χ0) is 22.5. The number of hydrogen-bond acceptors (Lipinski definition) is 4. The number of rotatable bonds is 2. The van der Waals surface area contributed by atoms with E-state index >= 15 is 0 Å². The summed E-state index contributed by atoms with van der Waals surface area (Å²) in [6, 6.07) is 21.0. The van der Waals surface area contributed by atoms with Gasteiger partial charge >= 0.3 is 0 Å². The smallest absolute Gasteiger partial charge is 0.102 e. The lowest BCUT2D eigenvalue weighted by molar-refractivity contribution is 0.659. The Hall–Kier alpha value is -4.44. The molecule has 0 bridgehead atoms. The van der Waals surface area contributed by atoms with E-state index in [2.05, 4.69) is 95.0 Å². The zero-order valence-electron chi connectivity index (χ0n) is 18.3. The zero-order valence-corrected chi connectivity index (χ0v) is 18.3. The molecule has 4 nitrogen and oxygen atoms in total. The fraction of sp³-hybridized carbons (Fsp3) is 0.0667. The first-order valence-electron chi connectivity index (χ1n) is 11.5. The molecule has 0 radical (unpaired) electrons. The van der Waals surface area contributed by atoms with Gasteiger partial charge in [0, 0.05) is 28.7 Å². The van der Waals surface area contributed by atoms with Crippen LogP contribution in [0.1, 0.15) is 5.56 Å². The second kappa shape index (κ2) is 7.56. The van der Waals surface area contributed by atoms with Crippen LogP contribution in [0.2, 0.25) is 0 Å². The Morgan fingerprint density at radius 2 is 1.41 bits per heavy atom. The van der Waals surface area contributed by atoms with Crippen LogP contribution in [0.15, 0.2) is 124 Å². The van der Waals surface area contributed by atoms with Gasteiger partial charge in [0.15, 0.2) is 0 Å². The van der Waals surface area contributed by atoms with E-state index in [9.17, 15) is 0 Å². The lowest BCUT2D eigenvalue weighted by Gasteiger charge is -2.30. The van der Waals surface area contributed by atoms with Crippen molar-refractivity contribution < 1.29 is 0 Å². The van der Waals surface area contributed by atoms with Crippen molar-refractivity contribution >= 4 is 33.7 Å². The van der Waals surface area contributed by atoms with Crippen LogP contribution in [-0.2, 0) is 0 Å². The second-order valence-corrected chi connectivity index (χ2v) is 8.71. The maximum Gasteiger partial charge on any atom is 0.102 e. The fourth-order valence-corrected chi connectivity index (χ4v) is 4.91. The van der Waals surface area contributed by atoms with Gasteiger partial charge in [-0.25, -0.2) is 4.98 Å². The highest BCUT2D eigenvalue weighted by Gasteiger charge is 2.30. The molecule has 3 aliphatic rings. The van der Waals surface area contributed by atoms with Crippen LogP contribution in [0.4, 0.5) is 0 Å². The summed E-state index contributed by atoms with van der Waals surface area (Å²) in [6.45, 7) is 0. The van der Waals surface area contributed by atoms with Gasteiger partial charge in [0.05, 0.1) is 22.4 Å². The van der Waals surface area contributed by atoms with Gasteiger partial charge in [-0.15, -0.1) is 0 Å². The Kier molecular flexibility index (Phi) is 4.24. The number of aliphatic imine (C=N–C) groups is 2. The van der Waals surface area contributed by atoms with Crippen LogP contribution in [0.3, 0.4) is 0 Å². The average molecular weight is 437 g/mol. The molecule has 160 valence electrons. The number of fused-ring (bicyclic) bond motifs is 6. The quantitative estimate of drug-likeness (QED) is 0.359. The van der Waals surface area contributed by atoms with E-state index < -0.39 is 0 Å². The lowest BCUT2D eigenvalue weighted by Crippen LogP contribution is -2.32. The minimum atomic E-state index is 0.0313. The standard InChI is InChI=1S/C30H20N4/c1-3-21-9-11-23-13-15-25(33-29(23)27(21)31-17-1)19-5-7-20(8-6-19)26-16-14-24-12-10-22-4-2-18-32-28(22)30(24)34-26/h1-18,27,29H. The third kappa shape index (κ3) is 3.07. The molecule has 1 aliphatic carbocycles. The lowest BCUT2D eigenvalue weighted by atomic mass is 9.85. The van der Waals surface area contributed by atoms with Gasteiger partial charge in [0.2, 0.25) is 0 Å². The second-order valence-electron chi connectivity index (χ2n) is 8.71. The first-order chi connectivity index (χ1) is 16.8. The van der Waals surface area contributed by atoms with Crippen LogP contribution in [0, 0.1) is 0 Å². The number of aromatic nitrogens is 2. The maximum atomic E-state index is 5.09. The summed E-state index contributed by atoms with van der Waals surface area (Å²) < 4.78 is 0. The van der Waals surface area contributed by atoms with E-state index in [0.29, 0.717) is 0 Å². The SMILES string of the molecule is C1=CC2=CC=C3C=CC(c4ccc(-c5ccc6ccc7cccnc7c6n5)cc4)=NC3C2N=C1. The summed E-state index contributed by atoms with van der Waals surface area (Å²) in [5.41, 5.74) is 8.39. The molecule has 7 rings (SSSR count). The Morgan fingerprint density at radius 1 is 0.647 bits per heavy atom. The maximum absolute atomic E-state index is 5.09. The van der Waals surface area contributed by atoms with Gasteiger partial charge in [0.1, 0.15) is 12.1 Å². The molecule has 0 spiro atoms. The normalized spacial score (nSPS) is 20.5. The van der Waals surface area contributed by atoms with Crippen molar-refractivity contribution in [3.63, 3.8) is 0 Å². The molecule has 2 atom stereocenters. The van der Waals surface area contributed by atoms with Crippen molar-refractivity contribution in [1.29, 1.82) is 0 Å². The van der Waals surface area contributed by atoms with Gasteiger partial charge in [-0.05, 0) is 41.0 Å². The predicted molar refractivity (Wildman–Crippen MR) is 140 cm³/mol. The summed E-state index contributed by atoms with van der Waals surface area (Å²) >= 11 is 0. The molecule has 0 fully saturated rings. The summed E-state index contributed by atoms with van der Waals surface area (Å²) in [5.74, 6) is 0.